The van der Waals surface area contributed by atoms with E-state index in [0.29, 0.717) is 13.0 Å². The molecule has 4 nitrogen and oxygen atoms in total. The Balaban J connectivity index is 1.67. The monoisotopic (exact) mass is 411 g/mol. The first-order chi connectivity index (χ1) is 15.2. The van der Waals surface area contributed by atoms with Crippen molar-refractivity contribution in [2.24, 2.45) is 0 Å². The lowest BCUT2D eigenvalue weighted by atomic mass is 9.95. The van der Waals surface area contributed by atoms with Gasteiger partial charge in [-0.1, -0.05) is 54.6 Å². The lowest BCUT2D eigenvalue weighted by Crippen LogP contribution is -2.19. The molecule has 1 aromatic heterocycles. The second-order valence-corrected chi connectivity index (χ2v) is 7.42. The first-order valence-corrected chi connectivity index (χ1v) is 10.2. The van der Waals surface area contributed by atoms with Gasteiger partial charge in [0.2, 0.25) is 0 Å². The summed E-state index contributed by atoms with van der Waals surface area (Å²) in [5.74, 6) is 1.63. The summed E-state index contributed by atoms with van der Waals surface area (Å²) in [7, 11) is 3.34. The molecule has 0 saturated carbocycles. The van der Waals surface area contributed by atoms with Crippen molar-refractivity contribution in [2.45, 2.75) is 13.0 Å². The van der Waals surface area contributed by atoms with Gasteiger partial charge in [-0.2, -0.15) is 0 Å². The number of hydrogen-bond donors (Lipinski definition) is 0. The van der Waals surface area contributed by atoms with Crippen molar-refractivity contribution in [3.8, 4) is 22.6 Å². The van der Waals surface area contributed by atoms with Gasteiger partial charge >= 0.3 is 0 Å². The fourth-order valence-electron chi connectivity index (χ4n) is 3.69. The standard InChI is InChI=1S/C27H25NO3/c1-30-24-12-9-22(10-13-24)26-17-25(31-2)14-11-23(26)16-21-8-15-27(29)28(19-21)18-20-6-4-3-5-7-20/h3-15,17,19H,16,18H2,1-2H3. The normalized spacial score (nSPS) is 10.6. The highest BCUT2D eigenvalue weighted by Gasteiger charge is 2.10. The van der Waals surface area contributed by atoms with Gasteiger partial charge in [0, 0.05) is 12.3 Å². The van der Waals surface area contributed by atoms with E-state index in [-0.39, 0.29) is 5.56 Å². The van der Waals surface area contributed by atoms with Crippen molar-refractivity contribution in [3.63, 3.8) is 0 Å². The molecule has 0 aliphatic heterocycles. The zero-order valence-corrected chi connectivity index (χ0v) is 17.7. The largest absolute Gasteiger partial charge is 0.497 e. The van der Waals surface area contributed by atoms with Gasteiger partial charge in [0.05, 0.1) is 20.8 Å². The van der Waals surface area contributed by atoms with Crippen molar-refractivity contribution in [1.82, 2.24) is 4.57 Å². The van der Waals surface area contributed by atoms with E-state index in [0.717, 1.165) is 39.3 Å². The molecule has 4 rings (SSSR count). The number of ether oxygens (including phenoxy) is 2. The van der Waals surface area contributed by atoms with E-state index in [4.69, 9.17) is 9.47 Å². The van der Waals surface area contributed by atoms with Crippen LogP contribution >= 0.6 is 0 Å². The van der Waals surface area contributed by atoms with Crippen LogP contribution in [-0.2, 0) is 13.0 Å². The molecular weight excluding hydrogens is 386 g/mol. The summed E-state index contributed by atoms with van der Waals surface area (Å²) in [5.41, 5.74) is 5.53. The highest BCUT2D eigenvalue weighted by molar-refractivity contribution is 5.70. The topological polar surface area (TPSA) is 40.5 Å². The molecule has 0 amide bonds. The van der Waals surface area contributed by atoms with Crippen LogP contribution in [0.1, 0.15) is 16.7 Å². The maximum absolute atomic E-state index is 12.4. The van der Waals surface area contributed by atoms with Crippen LogP contribution in [0, 0.1) is 0 Å². The predicted octanol–water partition coefficient (Wildman–Crippen LogP) is 5.17. The summed E-state index contributed by atoms with van der Waals surface area (Å²) in [6, 6.07) is 27.7. The maximum Gasteiger partial charge on any atom is 0.250 e. The number of rotatable bonds is 7. The van der Waals surface area contributed by atoms with Crippen LogP contribution in [0.25, 0.3) is 11.1 Å². The third-order valence-electron chi connectivity index (χ3n) is 5.35. The molecule has 31 heavy (non-hydrogen) atoms. The van der Waals surface area contributed by atoms with E-state index in [1.54, 1.807) is 24.9 Å². The van der Waals surface area contributed by atoms with E-state index in [1.807, 2.05) is 72.9 Å². The third-order valence-corrected chi connectivity index (χ3v) is 5.35. The highest BCUT2D eigenvalue weighted by atomic mass is 16.5. The molecule has 0 atom stereocenters. The quantitative estimate of drug-likeness (QED) is 0.421. The smallest absolute Gasteiger partial charge is 0.250 e. The molecule has 0 aliphatic carbocycles. The Kier molecular flexibility index (Phi) is 6.18. The minimum atomic E-state index is -0.00212. The zero-order chi connectivity index (χ0) is 21.6. The van der Waals surface area contributed by atoms with Gasteiger partial charge in [0.15, 0.2) is 0 Å². The van der Waals surface area contributed by atoms with E-state index in [9.17, 15) is 4.79 Å². The van der Waals surface area contributed by atoms with Gasteiger partial charge in [-0.25, -0.2) is 0 Å². The lowest BCUT2D eigenvalue weighted by Gasteiger charge is -2.14. The van der Waals surface area contributed by atoms with Crippen molar-refractivity contribution in [1.29, 1.82) is 0 Å². The molecule has 3 aromatic carbocycles. The summed E-state index contributed by atoms with van der Waals surface area (Å²) in [4.78, 5) is 12.4. The summed E-state index contributed by atoms with van der Waals surface area (Å²) in [6.45, 7) is 0.557. The van der Waals surface area contributed by atoms with Crippen LogP contribution in [0.15, 0.2) is 95.9 Å². The van der Waals surface area contributed by atoms with Crippen LogP contribution in [0.2, 0.25) is 0 Å². The van der Waals surface area contributed by atoms with Gasteiger partial charge < -0.3 is 14.0 Å². The average Bonchev–Trinajstić information content (AvgIpc) is 2.82. The molecule has 0 bridgehead atoms. The minimum Gasteiger partial charge on any atom is -0.497 e. The molecule has 0 saturated heterocycles. The summed E-state index contributed by atoms with van der Waals surface area (Å²) in [6.07, 6.45) is 2.66. The molecule has 4 heteroatoms. The van der Waals surface area contributed by atoms with Gasteiger partial charge in [0.25, 0.3) is 5.56 Å². The third kappa shape index (κ3) is 4.86. The van der Waals surface area contributed by atoms with Crippen molar-refractivity contribution >= 4 is 0 Å². The van der Waals surface area contributed by atoms with Crippen molar-refractivity contribution in [3.05, 3.63) is 118 Å². The first kappa shape index (κ1) is 20.5. The molecule has 0 radical (unpaired) electrons. The fourth-order valence-corrected chi connectivity index (χ4v) is 3.69. The number of nitrogens with zero attached hydrogens (tertiary/aromatic N) is 1. The first-order valence-electron chi connectivity index (χ1n) is 10.2. The van der Waals surface area contributed by atoms with Gasteiger partial charge in [-0.15, -0.1) is 0 Å². The Morgan fingerprint density at radius 3 is 2.16 bits per heavy atom. The molecule has 0 N–H and O–H groups in total. The number of benzene rings is 3. The van der Waals surface area contributed by atoms with Crippen molar-refractivity contribution in [2.75, 3.05) is 14.2 Å². The lowest BCUT2D eigenvalue weighted by molar-refractivity contribution is 0.414. The van der Waals surface area contributed by atoms with E-state index in [2.05, 4.69) is 12.1 Å². The van der Waals surface area contributed by atoms with E-state index < -0.39 is 0 Å². The molecular formula is C27H25NO3. The van der Waals surface area contributed by atoms with Gasteiger partial charge in [0.1, 0.15) is 11.5 Å². The summed E-state index contributed by atoms with van der Waals surface area (Å²) >= 11 is 0. The summed E-state index contributed by atoms with van der Waals surface area (Å²) < 4.78 is 12.5. The molecule has 0 unspecified atom stereocenters. The maximum atomic E-state index is 12.4. The fraction of sp³-hybridized carbons (Fsp3) is 0.148. The van der Waals surface area contributed by atoms with Gasteiger partial charge in [-0.3, -0.25) is 4.79 Å². The molecule has 1 heterocycles. The number of aromatic nitrogens is 1. The Bertz CT molecular complexity index is 1210. The van der Waals surface area contributed by atoms with E-state index in [1.165, 1.54) is 0 Å². The van der Waals surface area contributed by atoms with Crippen LogP contribution in [-0.4, -0.2) is 18.8 Å². The number of methoxy groups -OCH3 is 2. The molecule has 4 aromatic rings. The Morgan fingerprint density at radius 2 is 1.45 bits per heavy atom. The average molecular weight is 412 g/mol. The second kappa shape index (κ2) is 9.35. The highest BCUT2D eigenvalue weighted by Crippen LogP contribution is 2.31. The Hall–Kier alpha value is -3.79. The molecule has 0 aliphatic rings. The van der Waals surface area contributed by atoms with Gasteiger partial charge in [-0.05, 0) is 58.5 Å². The summed E-state index contributed by atoms with van der Waals surface area (Å²) in [5, 5.41) is 0. The van der Waals surface area contributed by atoms with Crippen molar-refractivity contribution < 1.29 is 9.47 Å². The van der Waals surface area contributed by atoms with Crippen LogP contribution in [0.5, 0.6) is 11.5 Å². The van der Waals surface area contributed by atoms with E-state index >= 15 is 0 Å². The Morgan fingerprint density at radius 1 is 0.742 bits per heavy atom. The number of hydrogen-bond acceptors (Lipinski definition) is 3. The molecule has 0 fully saturated rings. The predicted molar refractivity (Wildman–Crippen MR) is 124 cm³/mol. The second-order valence-electron chi connectivity index (χ2n) is 7.42. The zero-order valence-electron chi connectivity index (χ0n) is 17.7. The van der Waals surface area contributed by atoms with Crippen LogP contribution in [0.3, 0.4) is 0 Å². The Labute approximate surface area is 182 Å². The number of pyridine rings is 1. The van der Waals surface area contributed by atoms with Crippen LogP contribution in [0.4, 0.5) is 0 Å². The SMILES string of the molecule is COc1ccc(-c2cc(OC)ccc2Cc2ccc(=O)n(Cc3ccccc3)c2)cc1. The molecule has 156 valence electrons. The minimum absolute atomic E-state index is 0.00212. The molecule has 0 spiro atoms. The van der Waals surface area contributed by atoms with Crippen LogP contribution < -0.4 is 15.0 Å².